The summed E-state index contributed by atoms with van der Waals surface area (Å²) in [5, 5.41) is 0. The number of carbonyl (C=O) groups is 1. The van der Waals surface area contributed by atoms with Crippen LogP contribution in [-0.2, 0) is 4.79 Å². The Balaban J connectivity index is 1.87. The molecule has 1 aromatic carbocycles. The molecule has 0 bridgehead atoms. The first-order valence-corrected chi connectivity index (χ1v) is 8.28. The summed E-state index contributed by atoms with van der Waals surface area (Å²) >= 11 is 1.64. The molecule has 20 heavy (non-hydrogen) atoms. The number of nitrogens with two attached hydrogens (primary N) is 1. The molecule has 0 aromatic heterocycles. The van der Waals surface area contributed by atoms with Gasteiger partial charge in [0.1, 0.15) is 0 Å². The summed E-state index contributed by atoms with van der Waals surface area (Å²) in [5.41, 5.74) is 7.20. The van der Waals surface area contributed by atoms with E-state index in [0.29, 0.717) is 11.7 Å². The molecule has 0 saturated carbocycles. The average molecular weight is 292 g/mol. The Morgan fingerprint density at radius 2 is 2.25 bits per heavy atom. The van der Waals surface area contributed by atoms with Gasteiger partial charge >= 0.3 is 0 Å². The molecular weight excluding hydrogens is 268 g/mol. The monoisotopic (exact) mass is 292 g/mol. The number of hydrogen-bond donors (Lipinski definition) is 1. The number of piperidine rings is 1. The van der Waals surface area contributed by atoms with Crippen LogP contribution < -0.4 is 5.73 Å². The molecule has 2 N–H and O–H groups in total. The molecule has 0 spiro atoms. The Hall–Kier alpha value is -1.00. The van der Waals surface area contributed by atoms with Crippen LogP contribution in [0.15, 0.2) is 29.2 Å². The minimum absolute atomic E-state index is 0.176. The zero-order valence-corrected chi connectivity index (χ0v) is 13.2. The molecule has 4 heteroatoms. The molecule has 1 aliphatic heterocycles. The molecule has 2 atom stereocenters. The molecule has 3 nitrogen and oxygen atoms in total. The molecule has 1 saturated heterocycles. The lowest BCUT2D eigenvalue weighted by Crippen LogP contribution is -2.45. The maximum Gasteiger partial charge on any atom is 0.232 e. The van der Waals surface area contributed by atoms with E-state index in [-0.39, 0.29) is 11.9 Å². The number of aryl methyl sites for hydroxylation is 1. The summed E-state index contributed by atoms with van der Waals surface area (Å²) in [6, 6.07) is 8.38. The van der Waals surface area contributed by atoms with E-state index in [1.165, 1.54) is 10.5 Å². The molecule has 2 rings (SSSR count). The maximum absolute atomic E-state index is 12.3. The third kappa shape index (κ3) is 4.00. The molecular formula is C16H24N2OS. The van der Waals surface area contributed by atoms with Crippen molar-refractivity contribution >= 4 is 17.7 Å². The predicted molar refractivity (Wildman–Crippen MR) is 84.9 cm³/mol. The van der Waals surface area contributed by atoms with Crippen LogP contribution in [0.25, 0.3) is 0 Å². The van der Waals surface area contributed by atoms with Crippen molar-refractivity contribution in [3.8, 4) is 0 Å². The van der Waals surface area contributed by atoms with E-state index < -0.39 is 0 Å². The minimum atomic E-state index is 0.176. The average Bonchev–Trinajstić information content (AvgIpc) is 2.46. The van der Waals surface area contributed by atoms with Gasteiger partial charge in [-0.1, -0.05) is 18.2 Å². The van der Waals surface area contributed by atoms with E-state index in [1.807, 2.05) is 24.0 Å². The largest absolute Gasteiger partial charge is 0.342 e. The fourth-order valence-electron chi connectivity index (χ4n) is 2.61. The van der Waals surface area contributed by atoms with Crippen LogP contribution in [0.4, 0.5) is 0 Å². The Kier molecular flexibility index (Phi) is 5.49. The topological polar surface area (TPSA) is 46.3 Å². The standard InChI is InChI=1S/C16H24N2OS/c1-12-6-3-4-8-15(12)20-11-16(19)18-9-5-7-14(10-18)13(2)17/h3-4,6,8,13-14H,5,7,9-11,17H2,1-2H3. The number of likely N-dealkylation sites (tertiary alicyclic amines) is 1. The van der Waals surface area contributed by atoms with Crippen LogP contribution in [0, 0.1) is 12.8 Å². The van der Waals surface area contributed by atoms with Crippen LogP contribution in [0.5, 0.6) is 0 Å². The van der Waals surface area contributed by atoms with Gasteiger partial charge in [-0.3, -0.25) is 4.79 Å². The fourth-order valence-corrected chi connectivity index (χ4v) is 3.55. The quantitative estimate of drug-likeness (QED) is 0.868. The van der Waals surface area contributed by atoms with Crippen LogP contribution in [0.2, 0.25) is 0 Å². The molecule has 1 aromatic rings. The lowest BCUT2D eigenvalue weighted by molar-refractivity contribution is -0.130. The Bertz CT molecular complexity index is 462. The second kappa shape index (κ2) is 7.14. The minimum Gasteiger partial charge on any atom is -0.342 e. The highest BCUT2D eigenvalue weighted by molar-refractivity contribution is 8.00. The highest BCUT2D eigenvalue weighted by Crippen LogP contribution is 2.24. The van der Waals surface area contributed by atoms with Gasteiger partial charge in [0.05, 0.1) is 5.75 Å². The fraction of sp³-hybridized carbons (Fsp3) is 0.562. The number of nitrogens with zero attached hydrogens (tertiary/aromatic N) is 1. The lowest BCUT2D eigenvalue weighted by atomic mass is 9.92. The maximum atomic E-state index is 12.3. The van der Waals surface area contributed by atoms with Crippen LogP contribution in [-0.4, -0.2) is 35.7 Å². The number of benzene rings is 1. The van der Waals surface area contributed by atoms with Crippen molar-refractivity contribution in [2.24, 2.45) is 11.7 Å². The number of carbonyl (C=O) groups excluding carboxylic acids is 1. The van der Waals surface area contributed by atoms with Crippen molar-refractivity contribution in [3.63, 3.8) is 0 Å². The first-order valence-electron chi connectivity index (χ1n) is 7.29. The van der Waals surface area contributed by atoms with E-state index in [1.54, 1.807) is 11.8 Å². The third-order valence-corrected chi connectivity index (χ3v) is 5.16. The van der Waals surface area contributed by atoms with Gasteiger partial charge in [-0.15, -0.1) is 11.8 Å². The molecule has 1 fully saturated rings. The Morgan fingerprint density at radius 3 is 2.95 bits per heavy atom. The van der Waals surface area contributed by atoms with Crippen LogP contribution >= 0.6 is 11.8 Å². The van der Waals surface area contributed by atoms with Gasteiger partial charge in [0.25, 0.3) is 0 Å². The normalized spacial score (nSPS) is 20.8. The molecule has 1 amide bonds. The van der Waals surface area contributed by atoms with E-state index in [0.717, 1.165) is 25.9 Å². The van der Waals surface area contributed by atoms with Gasteiger partial charge in [-0.05, 0) is 44.2 Å². The van der Waals surface area contributed by atoms with Crippen molar-refractivity contribution < 1.29 is 4.79 Å². The molecule has 1 heterocycles. The van der Waals surface area contributed by atoms with E-state index in [2.05, 4.69) is 19.1 Å². The summed E-state index contributed by atoms with van der Waals surface area (Å²) in [7, 11) is 0. The van der Waals surface area contributed by atoms with Crippen molar-refractivity contribution in [3.05, 3.63) is 29.8 Å². The summed E-state index contributed by atoms with van der Waals surface area (Å²) in [6.45, 7) is 5.84. The van der Waals surface area contributed by atoms with Crippen molar-refractivity contribution in [2.45, 2.75) is 37.6 Å². The molecule has 110 valence electrons. The molecule has 2 unspecified atom stereocenters. The summed E-state index contributed by atoms with van der Waals surface area (Å²) in [5.74, 6) is 1.22. The van der Waals surface area contributed by atoms with Gasteiger partial charge in [0.15, 0.2) is 0 Å². The predicted octanol–water partition coefficient (Wildman–Crippen LogP) is 2.67. The lowest BCUT2D eigenvalue weighted by Gasteiger charge is -2.34. The smallest absolute Gasteiger partial charge is 0.232 e. The van der Waals surface area contributed by atoms with Crippen molar-refractivity contribution in [1.29, 1.82) is 0 Å². The second-order valence-electron chi connectivity index (χ2n) is 5.66. The highest BCUT2D eigenvalue weighted by Gasteiger charge is 2.25. The van der Waals surface area contributed by atoms with Gasteiger partial charge in [-0.25, -0.2) is 0 Å². The summed E-state index contributed by atoms with van der Waals surface area (Å²) in [6.07, 6.45) is 2.22. The summed E-state index contributed by atoms with van der Waals surface area (Å²) < 4.78 is 0. The summed E-state index contributed by atoms with van der Waals surface area (Å²) in [4.78, 5) is 15.5. The number of hydrogen-bond acceptors (Lipinski definition) is 3. The molecule has 0 aliphatic carbocycles. The Morgan fingerprint density at radius 1 is 1.50 bits per heavy atom. The van der Waals surface area contributed by atoms with E-state index in [4.69, 9.17) is 5.73 Å². The molecule has 1 aliphatic rings. The van der Waals surface area contributed by atoms with Crippen molar-refractivity contribution in [2.75, 3.05) is 18.8 Å². The second-order valence-corrected chi connectivity index (χ2v) is 6.67. The highest BCUT2D eigenvalue weighted by atomic mass is 32.2. The third-order valence-electron chi connectivity index (χ3n) is 4.00. The SMILES string of the molecule is Cc1ccccc1SCC(=O)N1CCCC(C(C)N)C1. The molecule has 0 radical (unpaired) electrons. The van der Waals surface area contributed by atoms with Crippen LogP contribution in [0.3, 0.4) is 0 Å². The van der Waals surface area contributed by atoms with Gasteiger partial charge in [-0.2, -0.15) is 0 Å². The number of rotatable bonds is 4. The van der Waals surface area contributed by atoms with Gasteiger partial charge in [0, 0.05) is 24.0 Å². The number of amides is 1. The zero-order chi connectivity index (χ0) is 14.5. The first-order chi connectivity index (χ1) is 9.58. The van der Waals surface area contributed by atoms with Crippen LogP contribution in [0.1, 0.15) is 25.3 Å². The zero-order valence-electron chi connectivity index (χ0n) is 12.3. The number of thioether (sulfide) groups is 1. The first kappa shape index (κ1) is 15.4. The van der Waals surface area contributed by atoms with E-state index in [9.17, 15) is 4.79 Å². The Labute approximate surface area is 125 Å². The van der Waals surface area contributed by atoms with Gasteiger partial charge in [0.2, 0.25) is 5.91 Å². The van der Waals surface area contributed by atoms with Gasteiger partial charge < -0.3 is 10.6 Å². The van der Waals surface area contributed by atoms with E-state index >= 15 is 0 Å². The van der Waals surface area contributed by atoms with Crippen molar-refractivity contribution in [1.82, 2.24) is 4.90 Å².